The van der Waals surface area contributed by atoms with Gasteiger partial charge in [0, 0.05) is 54.4 Å². The molecule has 0 unspecified atom stereocenters. The Bertz CT molecular complexity index is 1060. The van der Waals surface area contributed by atoms with Crippen LogP contribution in [0.1, 0.15) is 22.5 Å². The maximum atomic E-state index is 12.4. The van der Waals surface area contributed by atoms with Crippen LogP contribution in [-0.2, 0) is 6.54 Å². The van der Waals surface area contributed by atoms with Crippen LogP contribution in [0.2, 0.25) is 0 Å². The minimum atomic E-state index is -0.229. The van der Waals surface area contributed by atoms with Crippen LogP contribution in [0.15, 0.2) is 42.6 Å². The molecule has 162 valence electrons. The van der Waals surface area contributed by atoms with Crippen molar-refractivity contribution in [3.8, 4) is 5.82 Å². The van der Waals surface area contributed by atoms with E-state index in [0.717, 1.165) is 47.1 Å². The Hall–Kier alpha value is -3.00. The molecular weight excluding hydrogens is 408 g/mol. The number of hydrogen-bond donors (Lipinski definition) is 2. The number of hydrogen-bond acceptors (Lipinski definition) is 5. The Morgan fingerprint density at radius 2 is 1.90 bits per heavy atom. The van der Waals surface area contributed by atoms with Gasteiger partial charge in [-0.1, -0.05) is 6.07 Å². The Labute approximate surface area is 187 Å². The molecular formula is C23H28N6OS. The Morgan fingerprint density at radius 1 is 1.10 bits per heavy atom. The third kappa shape index (κ3) is 5.19. The SMILES string of the molecule is Cc1cc(C)n(-c2ccc(CNC(=O)Nc3ccc(N4CCSCC4)cc3C)cn2)n1. The first-order chi connectivity index (χ1) is 15.0. The quantitative estimate of drug-likeness (QED) is 0.631. The number of aryl methyl sites for hydroxylation is 3. The summed E-state index contributed by atoms with van der Waals surface area (Å²) in [5, 5.41) is 10.3. The average molecular weight is 437 g/mol. The van der Waals surface area contributed by atoms with Crippen LogP contribution >= 0.6 is 11.8 Å². The van der Waals surface area contributed by atoms with Crippen molar-refractivity contribution in [2.75, 3.05) is 34.8 Å². The lowest BCUT2D eigenvalue weighted by atomic mass is 10.1. The molecule has 0 aliphatic carbocycles. The van der Waals surface area contributed by atoms with Gasteiger partial charge in [-0.3, -0.25) is 0 Å². The van der Waals surface area contributed by atoms with E-state index < -0.39 is 0 Å². The lowest BCUT2D eigenvalue weighted by Gasteiger charge is -2.29. The summed E-state index contributed by atoms with van der Waals surface area (Å²) in [6.45, 7) is 8.54. The second-order valence-corrected chi connectivity index (χ2v) is 8.99. The van der Waals surface area contributed by atoms with Gasteiger partial charge in [0.25, 0.3) is 0 Å². The van der Waals surface area contributed by atoms with E-state index in [9.17, 15) is 4.79 Å². The average Bonchev–Trinajstić information content (AvgIpc) is 3.12. The number of nitrogens with zero attached hydrogens (tertiary/aromatic N) is 4. The highest BCUT2D eigenvalue weighted by atomic mass is 32.2. The Kier molecular flexibility index (Phi) is 6.46. The number of carbonyl (C=O) groups excluding carboxylic acids is 1. The molecule has 0 radical (unpaired) electrons. The lowest BCUT2D eigenvalue weighted by Crippen LogP contribution is -2.32. The fraction of sp³-hybridized carbons (Fsp3) is 0.348. The molecule has 0 spiro atoms. The normalized spacial score (nSPS) is 13.8. The van der Waals surface area contributed by atoms with Gasteiger partial charge < -0.3 is 15.5 Å². The van der Waals surface area contributed by atoms with Crippen LogP contribution in [0.3, 0.4) is 0 Å². The predicted molar refractivity (Wildman–Crippen MR) is 127 cm³/mol. The smallest absolute Gasteiger partial charge is 0.319 e. The first kappa shape index (κ1) is 21.2. The van der Waals surface area contributed by atoms with Crippen molar-refractivity contribution in [2.24, 2.45) is 0 Å². The molecule has 31 heavy (non-hydrogen) atoms. The Balaban J connectivity index is 1.32. The number of rotatable bonds is 5. The fourth-order valence-corrected chi connectivity index (χ4v) is 4.57. The van der Waals surface area contributed by atoms with Gasteiger partial charge in [0.1, 0.15) is 0 Å². The highest BCUT2D eigenvalue weighted by Crippen LogP contribution is 2.25. The molecule has 0 atom stereocenters. The van der Waals surface area contributed by atoms with Crippen LogP contribution in [0.25, 0.3) is 5.82 Å². The van der Waals surface area contributed by atoms with E-state index in [4.69, 9.17) is 0 Å². The van der Waals surface area contributed by atoms with Crippen LogP contribution in [0.5, 0.6) is 0 Å². The van der Waals surface area contributed by atoms with Crippen LogP contribution in [0, 0.1) is 20.8 Å². The summed E-state index contributed by atoms with van der Waals surface area (Å²) in [5.74, 6) is 3.10. The third-order valence-electron chi connectivity index (χ3n) is 5.32. The number of anilines is 2. The van der Waals surface area contributed by atoms with Crippen LogP contribution in [-0.4, -0.2) is 45.4 Å². The van der Waals surface area contributed by atoms with E-state index in [1.807, 2.05) is 61.5 Å². The summed E-state index contributed by atoms with van der Waals surface area (Å²) >= 11 is 2.00. The van der Waals surface area contributed by atoms with Crippen molar-refractivity contribution >= 4 is 29.2 Å². The monoisotopic (exact) mass is 436 g/mol. The molecule has 7 nitrogen and oxygen atoms in total. The van der Waals surface area contributed by atoms with Crippen molar-refractivity contribution in [3.05, 3.63) is 65.1 Å². The highest BCUT2D eigenvalue weighted by Gasteiger charge is 2.13. The molecule has 4 rings (SSSR count). The molecule has 2 amide bonds. The van der Waals surface area contributed by atoms with Gasteiger partial charge in [-0.05, 0) is 62.2 Å². The molecule has 0 bridgehead atoms. The predicted octanol–water partition coefficient (Wildman–Crippen LogP) is 4.07. The molecule has 1 saturated heterocycles. The van der Waals surface area contributed by atoms with E-state index in [-0.39, 0.29) is 6.03 Å². The van der Waals surface area contributed by atoms with Crippen molar-refractivity contribution in [2.45, 2.75) is 27.3 Å². The number of amides is 2. The number of pyridine rings is 1. The number of benzene rings is 1. The molecule has 0 saturated carbocycles. The summed E-state index contributed by atoms with van der Waals surface area (Å²) in [7, 11) is 0. The second-order valence-electron chi connectivity index (χ2n) is 7.77. The first-order valence-electron chi connectivity index (χ1n) is 10.5. The molecule has 1 fully saturated rings. The summed E-state index contributed by atoms with van der Waals surface area (Å²) in [6, 6.07) is 11.9. The van der Waals surface area contributed by atoms with Crippen molar-refractivity contribution in [3.63, 3.8) is 0 Å². The van der Waals surface area contributed by atoms with Gasteiger partial charge in [-0.2, -0.15) is 16.9 Å². The van der Waals surface area contributed by atoms with Crippen molar-refractivity contribution in [1.29, 1.82) is 0 Å². The third-order valence-corrected chi connectivity index (χ3v) is 6.27. The molecule has 1 aliphatic rings. The van der Waals surface area contributed by atoms with E-state index in [0.29, 0.717) is 6.54 Å². The fourth-order valence-electron chi connectivity index (χ4n) is 3.66. The number of thioether (sulfide) groups is 1. The lowest BCUT2D eigenvalue weighted by molar-refractivity contribution is 0.251. The number of urea groups is 1. The zero-order chi connectivity index (χ0) is 21.8. The number of nitrogens with one attached hydrogen (secondary N) is 2. The van der Waals surface area contributed by atoms with Gasteiger partial charge in [0.15, 0.2) is 5.82 Å². The molecule has 3 heterocycles. The summed E-state index contributed by atoms with van der Waals surface area (Å²) in [5.41, 5.74) is 6.02. The molecule has 1 aromatic carbocycles. The number of carbonyl (C=O) groups is 1. The van der Waals surface area contributed by atoms with Crippen molar-refractivity contribution in [1.82, 2.24) is 20.1 Å². The minimum Gasteiger partial charge on any atom is -0.370 e. The van der Waals surface area contributed by atoms with Gasteiger partial charge in [0.05, 0.1) is 5.69 Å². The zero-order valence-electron chi connectivity index (χ0n) is 18.2. The topological polar surface area (TPSA) is 75.1 Å². The number of aromatic nitrogens is 3. The minimum absolute atomic E-state index is 0.229. The van der Waals surface area contributed by atoms with Crippen LogP contribution in [0.4, 0.5) is 16.2 Å². The van der Waals surface area contributed by atoms with Crippen molar-refractivity contribution < 1.29 is 4.79 Å². The maximum absolute atomic E-state index is 12.4. The van der Waals surface area contributed by atoms with Gasteiger partial charge in [-0.25, -0.2) is 14.5 Å². The standard InChI is InChI=1S/C23H28N6OS/c1-16-12-20(28-8-10-31-11-9-28)5-6-21(16)26-23(30)25-15-19-4-7-22(24-14-19)29-18(3)13-17(2)27-29/h4-7,12-14H,8-11,15H2,1-3H3,(H2,25,26,30). The highest BCUT2D eigenvalue weighted by molar-refractivity contribution is 7.99. The van der Waals surface area contributed by atoms with E-state index >= 15 is 0 Å². The van der Waals surface area contributed by atoms with E-state index in [2.05, 4.69) is 37.7 Å². The largest absolute Gasteiger partial charge is 0.370 e. The van der Waals surface area contributed by atoms with E-state index in [1.165, 1.54) is 17.2 Å². The molecule has 1 aliphatic heterocycles. The van der Waals surface area contributed by atoms with Gasteiger partial charge >= 0.3 is 6.03 Å². The van der Waals surface area contributed by atoms with Gasteiger partial charge in [0.2, 0.25) is 0 Å². The second kappa shape index (κ2) is 9.43. The molecule has 8 heteroatoms. The Morgan fingerprint density at radius 3 is 2.55 bits per heavy atom. The zero-order valence-corrected chi connectivity index (χ0v) is 19.0. The molecule has 2 N–H and O–H groups in total. The maximum Gasteiger partial charge on any atom is 0.319 e. The van der Waals surface area contributed by atoms with E-state index in [1.54, 1.807) is 6.20 Å². The summed E-state index contributed by atoms with van der Waals surface area (Å²) < 4.78 is 1.81. The van der Waals surface area contributed by atoms with Gasteiger partial charge in [-0.15, -0.1) is 0 Å². The van der Waals surface area contributed by atoms with Crippen LogP contribution < -0.4 is 15.5 Å². The molecule has 2 aromatic heterocycles. The summed E-state index contributed by atoms with van der Waals surface area (Å²) in [6.07, 6.45) is 1.77. The summed E-state index contributed by atoms with van der Waals surface area (Å²) in [4.78, 5) is 19.3. The molecule has 3 aromatic rings. The first-order valence-corrected chi connectivity index (χ1v) is 11.6.